The summed E-state index contributed by atoms with van der Waals surface area (Å²) in [5.74, 6) is 0. The zero-order valence-corrected chi connectivity index (χ0v) is 9.92. The van der Waals surface area contributed by atoms with Gasteiger partial charge in [0.1, 0.15) is 17.4 Å². The molecule has 4 heteroatoms. The second-order valence-corrected chi connectivity index (χ2v) is 4.41. The molecule has 1 N–H and O–H groups in total. The molecule has 4 aromatic rings. The van der Waals surface area contributed by atoms with Crippen molar-refractivity contribution >= 4 is 32.8 Å². The minimum Gasteiger partial charge on any atom is -0.452 e. The number of nitrogens with zero attached hydrogens (tertiary/aromatic N) is 2. The van der Waals surface area contributed by atoms with Gasteiger partial charge in [-0.05, 0) is 17.5 Å². The molecule has 0 aliphatic heterocycles. The van der Waals surface area contributed by atoms with E-state index >= 15 is 0 Å². The minimum atomic E-state index is 0.461. The lowest BCUT2D eigenvalue weighted by Crippen LogP contribution is -1.99. The van der Waals surface area contributed by atoms with Crippen LogP contribution in [0.5, 0.6) is 0 Å². The fraction of sp³-hybridized carbons (Fsp3) is 0. The highest BCUT2D eigenvalue weighted by molar-refractivity contribution is 6.05. The second kappa shape index (κ2) is 3.62. The summed E-state index contributed by atoms with van der Waals surface area (Å²) in [4.78, 5) is 8.15. The standard InChI is InChI=1S/C15H9N3O/c16-11-3-1-2-9-4-5-10-6-12-13(7-17-8-18-12)19-15(10)14(9)11/h1-8,16H. The topological polar surface area (TPSA) is 62.8 Å². The van der Waals surface area contributed by atoms with Crippen LogP contribution in [0.15, 0.2) is 53.3 Å². The summed E-state index contributed by atoms with van der Waals surface area (Å²) in [6.07, 6.45) is 3.15. The number of hydrogen-bond acceptors (Lipinski definition) is 4. The van der Waals surface area contributed by atoms with Gasteiger partial charge in [0.15, 0.2) is 5.58 Å². The second-order valence-electron chi connectivity index (χ2n) is 4.41. The van der Waals surface area contributed by atoms with Gasteiger partial charge >= 0.3 is 0 Å². The highest BCUT2D eigenvalue weighted by atomic mass is 16.3. The van der Waals surface area contributed by atoms with E-state index < -0.39 is 0 Å². The summed E-state index contributed by atoms with van der Waals surface area (Å²) >= 11 is 0. The summed E-state index contributed by atoms with van der Waals surface area (Å²) in [6.45, 7) is 0. The van der Waals surface area contributed by atoms with Crippen molar-refractivity contribution in [1.29, 1.82) is 5.41 Å². The lowest BCUT2D eigenvalue weighted by Gasteiger charge is -2.04. The molecule has 0 bridgehead atoms. The molecule has 4 nitrogen and oxygen atoms in total. The lowest BCUT2D eigenvalue weighted by molar-refractivity contribution is 0.660. The molecule has 2 heterocycles. The van der Waals surface area contributed by atoms with Gasteiger partial charge < -0.3 is 9.83 Å². The van der Waals surface area contributed by atoms with E-state index in [0.29, 0.717) is 16.5 Å². The molecule has 0 saturated heterocycles. The smallest absolute Gasteiger partial charge is 0.171 e. The third-order valence-corrected chi connectivity index (χ3v) is 3.24. The van der Waals surface area contributed by atoms with Crippen molar-refractivity contribution < 1.29 is 4.42 Å². The molecule has 0 spiro atoms. The normalized spacial score (nSPS) is 11.4. The Morgan fingerprint density at radius 2 is 1.95 bits per heavy atom. The molecular weight excluding hydrogens is 238 g/mol. The predicted octanol–water partition coefficient (Wildman–Crippen LogP) is 3.01. The van der Waals surface area contributed by atoms with Crippen molar-refractivity contribution in [2.24, 2.45) is 0 Å². The van der Waals surface area contributed by atoms with Gasteiger partial charge in [0.2, 0.25) is 0 Å². The monoisotopic (exact) mass is 247 g/mol. The molecule has 0 unspecified atom stereocenters. The van der Waals surface area contributed by atoms with Crippen LogP contribution in [0.3, 0.4) is 0 Å². The van der Waals surface area contributed by atoms with Crippen molar-refractivity contribution in [3.8, 4) is 0 Å². The van der Waals surface area contributed by atoms with Crippen molar-refractivity contribution in [3.63, 3.8) is 0 Å². The quantitative estimate of drug-likeness (QED) is 0.384. The summed E-state index contributed by atoms with van der Waals surface area (Å²) in [6, 6.07) is 11.6. The molecular formula is C15H9N3O. The summed E-state index contributed by atoms with van der Waals surface area (Å²) in [5.41, 5.74) is 2.11. The van der Waals surface area contributed by atoms with Crippen molar-refractivity contribution in [3.05, 3.63) is 54.3 Å². The van der Waals surface area contributed by atoms with Gasteiger partial charge in [0.05, 0.1) is 16.9 Å². The molecule has 2 aromatic carbocycles. The third-order valence-electron chi connectivity index (χ3n) is 3.24. The van der Waals surface area contributed by atoms with Gasteiger partial charge in [-0.3, -0.25) is 0 Å². The molecule has 90 valence electrons. The van der Waals surface area contributed by atoms with Gasteiger partial charge in [-0.15, -0.1) is 0 Å². The average Bonchev–Trinajstić information content (AvgIpc) is 2.45. The highest BCUT2D eigenvalue weighted by Crippen LogP contribution is 2.26. The maximum absolute atomic E-state index is 8.06. The minimum absolute atomic E-state index is 0.461. The first kappa shape index (κ1) is 10.2. The Bertz CT molecular complexity index is 989. The number of fused-ring (bicyclic) bond motifs is 4. The van der Waals surface area contributed by atoms with Crippen molar-refractivity contribution in [2.75, 3.05) is 0 Å². The van der Waals surface area contributed by atoms with Crippen LogP contribution in [-0.2, 0) is 0 Å². The molecule has 0 fully saturated rings. The summed E-state index contributed by atoms with van der Waals surface area (Å²) in [5, 5.41) is 11.3. The Hall–Kier alpha value is -2.75. The lowest BCUT2D eigenvalue weighted by atomic mass is 10.1. The van der Waals surface area contributed by atoms with Crippen LogP contribution in [0, 0.1) is 5.41 Å². The number of hydrogen-bond donors (Lipinski definition) is 1. The van der Waals surface area contributed by atoms with E-state index in [1.54, 1.807) is 12.3 Å². The average molecular weight is 247 g/mol. The zero-order chi connectivity index (χ0) is 12.8. The Labute approximate surface area is 107 Å². The molecule has 0 saturated carbocycles. The van der Waals surface area contributed by atoms with Crippen LogP contribution in [0.1, 0.15) is 0 Å². The first-order chi connectivity index (χ1) is 9.33. The molecule has 2 aromatic heterocycles. The van der Waals surface area contributed by atoms with E-state index in [4.69, 9.17) is 9.83 Å². The maximum atomic E-state index is 8.06. The van der Waals surface area contributed by atoms with E-state index in [-0.39, 0.29) is 0 Å². The van der Waals surface area contributed by atoms with Crippen LogP contribution in [0.2, 0.25) is 0 Å². The van der Waals surface area contributed by atoms with Gasteiger partial charge in [-0.2, -0.15) is 0 Å². The molecule has 19 heavy (non-hydrogen) atoms. The van der Waals surface area contributed by atoms with Crippen LogP contribution in [0.4, 0.5) is 0 Å². The number of nitrogens with one attached hydrogen (secondary N) is 1. The summed E-state index contributed by atoms with van der Waals surface area (Å²) < 4.78 is 5.90. The SMILES string of the molecule is N=c1cccc2ccc3cc4ncncc4oc3c12. The van der Waals surface area contributed by atoms with Crippen LogP contribution < -0.4 is 5.36 Å². The fourth-order valence-electron chi connectivity index (χ4n) is 2.36. The van der Waals surface area contributed by atoms with E-state index in [1.165, 1.54) is 6.33 Å². The fourth-order valence-corrected chi connectivity index (χ4v) is 2.36. The first-order valence-corrected chi connectivity index (χ1v) is 5.93. The first-order valence-electron chi connectivity index (χ1n) is 5.93. The molecule has 0 atom stereocenters. The summed E-state index contributed by atoms with van der Waals surface area (Å²) in [7, 11) is 0. The molecule has 4 rings (SSSR count). The molecule has 0 amide bonds. The van der Waals surface area contributed by atoms with Gasteiger partial charge in [0, 0.05) is 5.39 Å². The number of rotatable bonds is 0. The van der Waals surface area contributed by atoms with Crippen LogP contribution in [-0.4, -0.2) is 9.97 Å². The Morgan fingerprint density at radius 1 is 1.05 bits per heavy atom. The van der Waals surface area contributed by atoms with Crippen molar-refractivity contribution in [2.45, 2.75) is 0 Å². The Balaban J connectivity index is 2.32. The van der Waals surface area contributed by atoms with E-state index in [0.717, 1.165) is 21.7 Å². The Morgan fingerprint density at radius 3 is 2.89 bits per heavy atom. The molecule has 0 aliphatic carbocycles. The number of benzene rings is 2. The van der Waals surface area contributed by atoms with Crippen molar-refractivity contribution in [1.82, 2.24) is 9.97 Å². The third kappa shape index (κ3) is 1.43. The highest BCUT2D eigenvalue weighted by Gasteiger charge is 2.07. The number of aromatic nitrogens is 2. The van der Waals surface area contributed by atoms with Crippen LogP contribution in [0.25, 0.3) is 32.8 Å². The van der Waals surface area contributed by atoms with E-state index in [2.05, 4.69) is 9.97 Å². The largest absolute Gasteiger partial charge is 0.452 e. The van der Waals surface area contributed by atoms with Crippen LogP contribution >= 0.6 is 0 Å². The van der Waals surface area contributed by atoms with Gasteiger partial charge in [0.25, 0.3) is 0 Å². The zero-order valence-electron chi connectivity index (χ0n) is 9.92. The molecule has 0 aliphatic rings. The van der Waals surface area contributed by atoms with Gasteiger partial charge in [-0.1, -0.05) is 24.3 Å². The Kier molecular flexibility index (Phi) is 1.94. The molecule has 0 radical (unpaired) electrons. The van der Waals surface area contributed by atoms with E-state index in [9.17, 15) is 0 Å². The van der Waals surface area contributed by atoms with Gasteiger partial charge in [-0.25, -0.2) is 9.97 Å². The predicted molar refractivity (Wildman–Crippen MR) is 72.7 cm³/mol. The maximum Gasteiger partial charge on any atom is 0.171 e. The van der Waals surface area contributed by atoms with E-state index in [1.807, 2.05) is 30.3 Å².